The van der Waals surface area contributed by atoms with Gasteiger partial charge >= 0.3 is 6.18 Å². The van der Waals surface area contributed by atoms with Gasteiger partial charge in [-0.1, -0.05) is 17.7 Å². The number of sulfonamides is 1. The summed E-state index contributed by atoms with van der Waals surface area (Å²) in [5.74, 6) is -0.666. The van der Waals surface area contributed by atoms with Crippen LogP contribution in [0.5, 0.6) is 0 Å². The Balaban J connectivity index is 2.23. The Morgan fingerprint density at radius 1 is 1.04 bits per heavy atom. The highest BCUT2D eigenvalue weighted by Crippen LogP contribution is 2.30. The van der Waals surface area contributed by atoms with E-state index >= 15 is 0 Å². The van der Waals surface area contributed by atoms with Crippen molar-refractivity contribution in [3.05, 3.63) is 59.7 Å². The molecule has 0 fully saturated rings. The van der Waals surface area contributed by atoms with Gasteiger partial charge < -0.3 is 5.32 Å². The normalized spacial score (nSPS) is 13.1. The highest BCUT2D eigenvalue weighted by atomic mass is 32.2. The first-order valence-electron chi connectivity index (χ1n) is 7.94. The van der Waals surface area contributed by atoms with Crippen LogP contribution in [0, 0.1) is 6.92 Å². The summed E-state index contributed by atoms with van der Waals surface area (Å²) in [6, 6.07) is 9.40. The lowest BCUT2D eigenvalue weighted by atomic mass is 10.2. The number of aryl methyl sites for hydroxylation is 1. The minimum absolute atomic E-state index is 0.136. The van der Waals surface area contributed by atoms with E-state index in [9.17, 15) is 26.4 Å². The largest absolute Gasteiger partial charge is 0.416 e. The highest BCUT2D eigenvalue weighted by molar-refractivity contribution is 7.92. The van der Waals surface area contributed by atoms with Crippen molar-refractivity contribution in [1.82, 2.24) is 0 Å². The molecule has 1 N–H and O–H groups in total. The van der Waals surface area contributed by atoms with Crippen LogP contribution >= 0.6 is 0 Å². The van der Waals surface area contributed by atoms with Crippen molar-refractivity contribution in [1.29, 1.82) is 0 Å². The van der Waals surface area contributed by atoms with Gasteiger partial charge in [-0.2, -0.15) is 13.2 Å². The number of amides is 1. The van der Waals surface area contributed by atoms with E-state index in [1.54, 1.807) is 24.3 Å². The van der Waals surface area contributed by atoms with Gasteiger partial charge in [-0.15, -0.1) is 0 Å². The summed E-state index contributed by atoms with van der Waals surface area (Å²) in [6.07, 6.45) is -3.50. The first kappa shape index (κ1) is 20.8. The molecule has 0 heterocycles. The summed E-state index contributed by atoms with van der Waals surface area (Å²) in [6.45, 7) is 3.25. The number of benzene rings is 2. The fourth-order valence-electron chi connectivity index (χ4n) is 2.49. The Labute approximate surface area is 155 Å². The average Bonchev–Trinajstić information content (AvgIpc) is 2.55. The van der Waals surface area contributed by atoms with E-state index in [2.05, 4.69) is 5.32 Å². The van der Waals surface area contributed by atoms with E-state index in [1.165, 1.54) is 6.92 Å². The molecule has 0 saturated carbocycles. The van der Waals surface area contributed by atoms with Crippen LogP contribution in [0.25, 0.3) is 0 Å². The number of hydrogen-bond donors (Lipinski definition) is 1. The van der Waals surface area contributed by atoms with E-state index < -0.39 is 33.7 Å². The van der Waals surface area contributed by atoms with Crippen LogP contribution < -0.4 is 9.62 Å². The second-order valence-electron chi connectivity index (χ2n) is 6.13. The van der Waals surface area contributed by atoms with Crippen molar-refractivity contribution < 1.29 is 26.4 Å². The minimum Gasteiger partial charge on any atom is -0.324 e. The summed E-state index contributed by atoms with van der Waals surface area (Å²) in [5.41, 5.74) is 0.537. The molecule has 2 rings (SSSR count). The fraction of sp³-hybridized carbons (Fsp3) is 0.278. The van der Waals surface area contributed by atoms with Crippen LogP contribution in [0.3, 0.4) is 0 Å². The molecule has 5 nitrogen and oxygen atoms in total. The molecular weight excluding hydrogens is 381 g/mol. The Morgan fingerprint density at radius 2 is 1.56 bits per heavy atom. The molecule has 0 unspecified atom stereocenters. The second kappa shape index (κ2) is 7.59. The predicted molar refractivity (Wildman–Crippen MR) is 98.0 cm³/mol. The zero-order valence-electron chi connectivity index (χ0n) is 14.9. The summed E-state index contributed by atoms with van der Waals surface area (Å²) >= 11 is 0. The number of alkyl halides is 3. The molecule has 1 amide bonds. The van der Waals surface area contributed by atoms with Crippen LogP contribution in [0.1, 0.15) is 18.1 Å². The lowest BCUT2D eigenvalue weighted by Gasteiger charge is -2.28. The molecule has 2 aromatic carbocycles. The molecule has 0 aliphatic rings. The Hall–Kier alpha value is -2.55. The lowest BCUT2D eigenvalue weighted by molar-refractivity contribution is -0.137. The Morgan fingerprint density at radius 3 is 2.00 bits per heavy atom. The zero-order chi connectivity index (χ0) is 20.4. The third-order valence-corrected chi connectivity index (χ3v) is 5.10. The van der Waals surface area contributed by atoms with E-state index in [0.29, 0.717) is 5.69 Å². The number of anilines is 2. The molecule has 0 radical (unpaired) electrons. The zero-order valence-corrected chi connectivity index (χ0v) is 15.7. The average molecular weight is 400 g/mol. The van der Waals surface area contributed by atoms with Gasteiger partial charge in [0.05, 0.1) is 17.5 Å². The van der Waals surface area contributed by atoms with Crippen LogP contribution in [0.4, 0.5) is 24.5 Å². The molecule has 0 bridgehead atoms. The van der Waals surface area contributed by atoms with Crippen molar-refractivity contribution in [3.8, 4) is 0 Å². The summed E-state index contributed by atoms with van der Waals surface area (Å²) in [5, 5.41) is 2.44. The summed E-state index contributed by atoms with van der Waals surface area (Å²) in [4.78, 5) is 12.5. The van der Waals surface area contributed by atoms with Gasteiger partial charge in [-0.05, 0) is 50.2 Å². The van der Waals surface area contributed by atoms with Gasteiger partial charge in [0.1, 0.15) is 6.04 Å². The maximum atomic E-state index is 12.6. The monoisotopic (exact) mass is 400 g/mol. The molecule has 0 aliphatic carbocycles. The first-order valence-corrected chi connectivity index (χ1v) is 9.78. The third kappa shape index (κ3) is 5.22. The second-order valence-corrected chi connectivity index (χ2v) is 7.99. The molecule has 146 valence electrons. The quantitative estimate of drug-likeness (QED) is 0.830. The SMILES string of the molecule is Cc1ccc(N([C@@H](C)C(=O)Nc2ccc(C(F)(F)F)cc2)S(C)(=O)=O)cc1. The molecular formula is C18H19F3N2O3S. The molecule has 27 heavy (non-hydrogen) atoms. The molecule has 0 aromatic heterocycles. The molecule has 1 atom stereocenters. The van der Waals surface area contributed by atoms with Crippen molar-refractivity contribution in [2.24, 2.45) is 0 Å². The van der Waals surface area contributed by atoms with Crippen LogP contribution in [-0.4, -0.2) is 26.6 Å². The summed E-state index contributed by atoms with van der Waals surface area (Å²) < 4.78 is 63.2. The van der Waals surface area contributed by atoms with Gasteiger partial charge in [0.25, 0.3) is 0 Å². The number of nitrogens with zero attached hydrogens (tertiary/aromatic N) is 1. The van der Waals surface area contributed by atoms with Crippen molar-refractivity contribution in [2.45, 2.75) is 26.1 Å². The Kier molecular flexibility index (Phi) is 5.84. The third-order valence-electron chi connectivity index (χ3n) is 3.86. The van der Waals surface area contributed by atoms with Gasteiger partial charge in [0.2, 0.25) is 15.9 Å². The number of nitrogens with one attached hydrogen (secondary N) is 1. The molecule has 0 spiro atoms. The summed E-state index contributed by atoms with van der Waals surface area (Å²) in [7, 11) is -3.77. The lowest BCUT2D eigenvalue weighted by Crippen LogP contribution is -2.45. The molecule has 0 saturated heterocycles. The maximum Gasteiger partial charge on any atom is 0.416 e. The number of hydrogen-bond acceptors (Lipinski definition) is 3. The Bertz CT molecular complexity index is 908. The first-order chi connectivity index (χ1) is 12.4. The van der Waals surface area contributed by atoms with Crippen LogP contribution in [-0.2, 0) is 21.0 Å². The van der Waals surface area contributed by atoms with Gasteiger partial charge in [0.15, 0.2) is 0 Å². The van der Waals surface area contributed by atoms with Crippen molar-refractivity contribution >= 4 is 27.3 Å². The molecule has 9 heteroatoms. The standard InChI is InChI=1S/C18H19F3N2O3S/c1-12-4-10-16(11-5-12)23(27(3,25)26)13(2)17(24)22-15-8-6-14(7-9-15)18(19,20)21/h4-11,13H,1-3H3,(H,22,24)/t13-/m0/s1. The van der Waals surface area contributed by atoms with Crippen molar-refractivity contribution in [3.63, 3.8) is 0 Å². The number of halogens is 3. The fourth-order valence-corrected chi connectivity index (χ4v) is 3.66. The van der Waals surface area contributed by atoms with Gasteiger partial charge in [-0.3, -0.25) is 9.10 Å². The highest BCUT2D eigenvalue weighted by Gasteiger charge is 2.31. The molecule has 0 aliphatic heterocycles. The maximum absolute atomic E-state index is 12.6. The number of carbonyl (C=O) groups is 1. The smallest absolute Gasteiger partial charge is 0.324 e. The topological polar surface area (TPSA) is 66.5 Å². The van der Waals surface area contributed by atoms with E-state index in [0.717, 1.165) is 40.4 Å². The van der Waals surface area contributed by atoms with Crippen LogP contribution in [0.15, 0.2) is 48.5 Å². The van der Waals surface area contributed by atoms with Crippen molar-refractivity contribution in [2.75, 3.05) is 15.9 Å². The van der Waals surface area contributed by atoms with Gasteiger partial charge in [0, 0.05) is 5.69 Å². The number of carbonyl (C=O) groups excluding carboxylic acids is 1. The predicted octanol–water partition coefficient (Wildman–Crippen LogP) is 3.81. The van der Waals surface area contributed by atoms with Gasteiger partial charge in [-0.25, -0.2) is 8.42 Å². The number of rotatable bonds is 5. The minimum atomic E-state index is -4.48. The molecule has 2 aromatic rings. The van der Waals surface area contributed by atoms with E-state index in [1.807, 2.05) is 6.92 Å². The van der Waals surface area contributed by atoms with Crippen LogP contribution in [0.2, 0.25) is 0 Å². The van der Waals surface area contributed by atoms with E-state index in [-0.39, 0.29) is 5.69 Å². The van der Waals surface area contributed by atoms with E-state index in [4.69, 9.17) is 0 Å².